The second-order valence-electron chi connectivity index (χ2n) is 9.26. The van der Waals surface area contributed by atoms with Crippen LogP contribution in [0, 0.1) is 6.92 Å². The van der Waals surface area contributed by atoms with Crippen LogP contribution in [0.3, 0.4) is 0 Å². The van der Waals surface area contributed by atoms with Crippen LogP contribution in [0.15, 0.2) is 71.9 Å². The molecule has 1 aliphatic rings. The molecule has 1 atom stereocenters. The van der Waals surface area contributed by atoms with Gasteiger partial charge in [-0.2, -0.15) is 13.2 Å². The molecule has 0 bridgehead atoms. The number of amides is 1. The number of halogens is 5. The van der Waals surface area contributed by atoms with Crippen molar-refractivity contribution in [2.24, 2.45) is 5.16 Å². The van der Waals surface area contributed by atoms with Gasteiger partial charge in [0.05, 0.1) is 11.3 Å². The molecule has 0 saturated carbocycles. The fraction of sp³-hybridized carbons (Fsp3) is 0.259. The summed E-state index contributed by atoms with van der Waals surface area (Å²) >= 11 is 11.9. The molecule has 4 nitrogen and oxygen atoms in total. The average molecular weight is 535 g/mol. The molecule has 188 valence electrons. The lowest BCUT2D eigenvalue weighted by atomic mass is 9.86. The van der Waals surface area contributed by atoms with Crippen LogP contribution in [-0.2, 0) is 16.0 Å². The van der Waals surface area contributed by atoms with Crippen molar-refractivity contribution >= 4 is 34.8 Å². The number of carbonyl (C=O) groups excluding carboxylic acids is 1. The monoisotopic (exact) mass is 534 g/mol. The molecule has 1 amide bonds. The summed E-state index contributed by atoms with van der Waals surface area (Å²) in [6.45, 7) is 5.51. The first-order valence-electron chi connectivity index (χ1n) is 11.1. The van der Waals surface area contributed by atoms with Gasteiger partial charge in [0, 0.05) is 27.6 Å². The van der Waals surface area contributed by atoms with E-state index in [2.05, 4.69) is 10.5 Å². The molecule has 4 rings (SSSR count). The number of rotatable bonds is 5. The predicted octanol–water partition coefficient (Wildman–Crippen LogP) is 7.55. The van der Waals surface area contributed by atoms with Gasteiger partial charge in [0.25, 0.3) is 11.5 Å². The standard InChI is InChI=1S/C27H23Cl2F3N2O2/c1-16-11-17(9-10-22(16)24(35)33-25(2,3)18-7-5-4-6-8-18)23-15-26(36-34-23,27(30,31)32)19-12-20(28)14-21(29)13-19/h4-14H,15H2,1-3H3,(H,33,35). The van der Waals surface area contributed by atoms with E-state index in [4.69, 9.17) is 28.0 Å². The van der Waals surface area contributed by atoms with Crippen LogP contribution in [0.4, 0.5) is 13.2 Å². The molecular weight excluding hydrogens is 512 g/mol. The van der Waals surface area contributed by atoms with Crippen molar-refractivity contribution in [3.05, 3.63) is 105 Å². The van der Waals surface area contributed by atoms with Crippen molar-refractivity contribution in [2.45, 2.75) is 44.5 Å². The zero-order valence-corrected chi connectivity index (χ0v) is 21.2. The Morgan fingerprint density at radius 3 is 2.22 bits per heavy atom. The Balaban J connectivity index is 1.59. The summed E-state index contributed by atoms with van der Waals surface area (Å²) in [5.41, 5.74) is -1.12. The number of aryl methyl sites for hydroxylation is 1. The van der Waals surface area contributed by atoms with E-state index in [9.17, 15) is 18.0 Å². The van der Waals surface area contributed by atoms with Gasteiger partial charge in [-0.25, -0.2) is 0 Å². The molecule has 1 unspecified atom stereocenters. The number of benzene rings is 3. The quantitative estimate of drug-likeness (QED) is 0.367. The third-order valence-electron chi connectivity index (χ3n) is 6.24. The Morgan fingerprint density at radius 2 is 1.64 bits per heavy atom. The molecule has 36 heavy (non-hydrogen) atoms. The molecular formula is C27H23Cl2F3N2O2. The smallest absolute Gasteiger partial charge is 0.374 e. The van der Waals surface area contributed by atoms with Crippen LogP contribution in [0.2, 0.25) is 10.0 Å². The molecule has 3 aromatic rings. The highest BCUT2D eigenvalue weighted by Gasteiger charge is 2.62. The Morgan fingerprint density at radius 1 is 1.00 bits per heavy atom. The molecule has 0 aliphatic carbocycles. The lowest BCUT2D eigenvalue weighted by Crippen LogP contribution is -2.42. The summed E-state index contributed by atoms with van der Waals surface area (Å²) in [6.07, 6.45) is -5.36. The predicted molar refractivity (Wildman–Crippen MR) is 135 cm³/mol. The van der Waals surface area contributed by atoms with E-state index in [1.54, 1.807) is 25.1 Å². The number of alkyl halides is 3. The van der Waals surface area contributed by atoms with Gasteiger partial charge in [0.2, 0.25) is 0 Å². The lowest BCUT2D eigenvalue weighted by Gasteiger charge is -2.29. The number of carbonyl (C=O) groups is 1. The van der Waals surface area contributed by atoms with Crippen LogP contribution >= 0.6 is 23.2 Å². The van der Waals surface area contributed by atoms with Crippen LogP contribution in [0.25, 0.3) is 0 Å². The third-order valence-corrected chi connectivity index (χ3v) is 6.68. The van der Waals surface area contributed by atoms with E-state index in [-0.39, 0.29) is 27.2 Å². The van der Waals surface area contributed by atoms with Crippen molar-refractivity contribution in [1.29, 1.82) is 0 Å². The maximum atomic E-state index is 14.3. The van der Waals surface area contributed by atoms with Gasteiger partial charge in [0.1, 0.15) is 0 Å². The second kappa shape index (κ2) is 9.45. The largest absolute Gasteiger partial charge is 0.435 e. The van der Waals surface area contributed by atoms with Crippen LogP contribution in [-0.4, -0.2) is 17.8 Å². The summed E-state index contributed by atoms with van der Waals surface area (Å²) < 4.78 is 42.8. The average Bonchev–Trinajstić information content (AvgIpc) is 3.26. The van der Waals surface area contributed by atoms with E-state index < -0.39 is 23.7 Å². The minimum atomic E-state index is -4.79. The fourth-order valence-electron chi connectivity index (χ4n) is 4.22. The number of nitrogens with zero attached hydrogens (tertiary/aromatic N) is 1. The van der Waals surface area contributed by atoms with E-state index in [0.29, 0.717) is 16.7 Å². The van der Waals surface area contributed by atoms with Crippen LogP contribution in [0.1, 0.15) is 52.9 Å². The van der Waals surface area contributed by atoms with E-state index in [0.717, 1.165) is 5.56 Å². The van der Waals surface area contributed by atoms with Crippen molar-refractivity contribution in [2.75, 3.05) is 0 Å². The molecule has 0 radical (unpaired) electrons. The summed E-state index contributed by atoms with van der Waals surface area (Å²) in [5, 5.41) is 6.92. The molecule has 0 spiro atoms. The van der Waals surface area contributed by atoms with Crippen LogP contribution in [0.5, 0.6) is 0 Å². The lowest BCUT2D eigenvalue weighted by molar-refractivity contribution is -0.275. The summed E-state index contributed by atoms with van der Waals surface area (Å²) in [5.74, 6) is -0.296. The topological polar surface area (TPSA) is 50.7 Å². The maximum absolute atomic E-state index is 14.3. The van der Waals surface area contributed by atoms with Crippen LogP contribution < -0.4 is 5.32 Å². The zero-order chi connectivity index (χ0) is 26.3. The number of oxime groups is 1. The molecule has 0 aromatic heterocycles. The Labute approximate surface area is 217 Å². The highest BCUT2D eigenvalue weighted by molar-refractivity contribution is 6.34. The SMILES string of the molecule is Cc1cc(C2=NOC(c3cc(Cl)cc(Cl)c3)(C(F)(F)F)C2)ccc1C(=O)NC(C)(C)c1ccccc1. The highest BCUT2D eigenvalue weighted by Crippen LogP contribution is 2.49. The first-order valence-corrected chi connectivity index (χ1v) is 11.9. The third kappa shape index (κ3) is 4.95. The Bertz CT molecular complexity index is 1320. The second-order valence-corrected chi connectivity index (χ2v) is 10.1. The van der Waals surface area contributed by atoms with Gasteiger partial charge in [-0.3, -0.25) is 4.79 Å². The van der Waals surface area contributed by atoms with E-state index in [1.807, 2.05) is 44.2 Å². The number of hydrogen-bond acceptors (Lipinski definition) is 3. The van der Waals surface area contributed by atoms with Gasteiger partial charge in [0.15, 0.2) is 0 Å². The molecule has 1 N–H and O–H groups in total. The fourth-order valence-corrected chi connectivity index (χ4v) is 4.75. The minimum Gasteiger partial charge on any atom is -0.374 e. The first kappa shape index (κ1) is 26.0. The molecule has 3 aromatic carbocycles. The van der Waals surface area contributed by atoms with Gasteiger partial charge >= 0.3 is 6.18 Å². The van der Waals surface area contributed by atoms with Crippen molar-refractivity contribution < 1.29 is 22.8 Å². The summed E-state index contributed by atoms with van der Waals surface area (Å²) in [6, 6.07) is 18.0. The molecule has 0 fully saturated rings. The van der Waals surface area contributed by atoms with E-state index in [1.165, 1.54) is 18.2 Å². The highest BCUT2D eigenvalue weighted by atomic mass is 35.5. The van der Waals surface area contributed by atoms with Crippen molar-refractivity contribution in [3.8, 4) is 0 Å². The zero-order valence-electron chi connectivity index (χ0n) is 19.7. The number of nitrogens with one attached hydrogen (secondary N) is 1. The van der Waals surface area contributed by atoms with Crippen molar-refractivity contribution in [3.63, 3.8) is 0 Å². The normalized spacial score (nSPS) is 17.9. The molecule has 1 aliphatic heterocycles. The van der Waals surface area contributed by atoms with Gasteiger partial charge < -0.3 is 10.2 Å². The van der Waals surface area contributed by atoms with Gasteiger partial charge in [-0.05, 0) is 67.8 Å². The molecule has 9 heteroatoms. The number of hydrogen-bond donors (Lipinski definition) is 1. The van der Waals surface area contributed by atoms with Crippen molar-refractivity contribution in [1.82, 2.24) is 5.32 Å². The van der Waals surface area contributed by atoms with Gasteiger partial charge in [-0.1, -0.05) is 64.8 Å². The molecule has 1 heterocycles. The minimum absolute atomic E-state index is 0.0582. The summed E-state index contributed by atoms with van der Waals surface area (Å²) in [4.78, 5) is 18.1. The van der Waals surface area contributed by atoms with Gasteiger partial charge in [-0.15, -0.1) is 0 Å². The Kier molecular flexibility index (Phi) is 6.84. The maximum Gasteiger partial charge on any atom is 0.435 e. The first-order chi connectivity index (χ1) is 16.8. The Hall–Kier alpha value is -3.03. The summed E-state index contributed by atoms with van der Waals surface area (Å²) in [7, 11) is 0. The van der Waals surface area contributed by atoms with E-state index >= 15 is 0 Å². The molecule has 0 saturated heterocycles.